The number of hydrogen-bond donors (Lipinski definition) is 2. The maximum absolute atomic E-state index is 12.2. The Balaban J connectivity index is 1.97. The molecule has 0 unspecified atom stereocenters. The number of thiol groups is 1. The Morgan fingerprint density at radius 1 is 1.47 bits per heavy atom. The lowest BCUT2D eigenvalue weighted by molar-refractivity contribution is 0.0238. The third-order valence-electron chi connectivity index (χ3n) is 3.58. The van der Waals surface area contributed by atoms with E-state index in [9.17, 15) is 4.79 Å². The molecule has 0 spiro atoms. The van der Waals surface area contributed by atoms with Gasteiger partial charge in [-0.05, 0) is 36.5 Å². The van der Waals surface area contributed by atoms with E-state index in [-0.39, 0.29) is 11.3 Å². The third kappa shape index (κ3) is 3.97. The highest BCUT2D eigenvalue weighted by Gasteiger charge is 2.28. The van der Waals surface area contributed by atoms with Crippen LogP contribution in [0.2, 0.25) is 0 Å². The second-order valence-electron chi connectivity index (χ2n) is 5.27. The summed E-state index contributed by atoms with van der Waals surface area (Å²) in [6.45, 7) is 4.43. The van der Waals surface area contributed by atoms with Crippen molar-refractivity contribution >= 4 is 34.5 Å². The van der Waals surface area contributed by atoms with Crippen molar-refractivity contribution in [3.8, 4) is 0 Å². The first-order chi connectivity index (χ1) is 9.00. The van der Waals surface area contributed by atoms with Gasteiger partial charge < -0.3 is 10.1 Å². The fourth-order valence-electron chi connectivity index (χ4n) is 2.13. The molecule has 1 aliphatic heterocycles. The van der Waals surface area contributed by atoms with E-state index in [4.69, 9.17) is 4.74 Å². The maximum Gasteiger partial charge on any atom is 0.252 e. The molecule has 0 aromatic heterocycles. The zero-order chi connectivity index (χ0) is 13.9. The number of benzene rings is 1. The minimum Gasteiger partial charge on any atom is -0.381 e. The van der Waals surface area contributed by atoms with E-state index in [0.717, 1.165) is 30.5 Å². The number of ether oxygens (including phenoxy) is 1. The summed E-state index contributed by atoms with van der Waals surface area (Å²) in [6.07, 6.45) is 1.97. The van der Waals surface area contributed by atoms with Crippen LogP contribution in [0.4, 0.5) is 0 Å². The molecule has 1 aliphatic rings. The molecule has 1 N–H and O–H groups in total. The number of carbonyl (C=O) groups is 1. The Morgan fingerprint density at radius 2 is 2.16 bits per heavy atom. The third-order valence-corrected chi connectivity index (χ3v) is 4.44. The average Bonchev–Trinajstić information content (AvgIpc) is 2.37. The van der Waals surface area contributed by atoms with Crippen molar-refractivity contribution in [2.45, 2.75) is 24.7 Å². The predicted molar refractivity (Wildman–Crippen MR) is 81.9 cm³/mol. The van der Waals surface area contributed by atoms with Gasteiger partial charge in [-0.15, -0.1) is 12.6 Å². The van der Waals surface area contributed by atoms with Crippen LogP contribution in [0.5, 0.6) is 0 Å². The van der Waals surface area contributed by atoms with Crippen molar-refractivity contribution in [3.05, 3.63) is 28.2 Å². The summed E-state index contributed by atoms with van der Waals surface area (Å²) >= 11 is 7.70. The van der Waals surface area contributed by atoms with E-state index in [1.807, 2.05) is 12.1 Å². The van der Waals surface area contributed by atoms with Crippen LogP contribution in [-0.2, 0) is 4.74 Å². The molecule has 0 aliphatic carbocycles. The standard InChI is InChI=1S/C14H18BrNO2S/c1-14(4-6-18-7-5-14)9-16-13(17)11-3-2-10(15)8-12(11)19/h2-3,8,19H,4-7,9H2,1H3,(H,16,17). The molecule has 2 rings (SSSR count). The monoisotopic (exact) mass is 343 g/mol. The van der Waals surface area contributed by atoms with Crippen molar-refractivity contribution < 1.29 is 9.53 Å². The summed E-state index contributed by atoms with van der Waals surface area (Å²) < 4.78 is 6.28. The van der Waals surface area contributed by atoms with Crippen LogP contribution in [-0.4, -0.2) is 25.7 Å². The van der Waals surface area contributed by atoms with Crippen LogP contribution in [0.15, 0.2) is 27.6 Å². The summed E-state index contributed by atoms with van der Waals surface area (Å²) in [5.41, 5.74) is 0.752. The Kier molecular flexibility index (Phi) is 4.92. The van der Waals surface area contributed by atoms with Crippen molar-refractivity contribution in [1.29, 1.82) is 0 Å². The van der Waals surface area contributed by atoms with Gasteiger partial charge in [0.15, 0.2) is 0 Å². The lowest BCUT2D eigenvalue weighted by Crippen LogP contribution is -2.39. The minimum atomic E-state index is -0.0646. The van der Waals surface area contributed by atoms with Gasteiger partial charge in [-0.1, -0.05) is 22.9 Å². The normalized spacial score (nSPS) is 18.1. The second-order valence-corrected chi connectivity index (χ2v) is 6.66. The zero-order valence-electron chi connectivity index (χ0n) is 10.9. The van der Waals surface area contributed by atoms with Crippen molar-refractivity contribution in [1.82, 2.24) is 5.32 Å². The quantitative estimate of drug-likeness (QED) is 0.826. The second kappa shape index (κ2) is 6.29. The SMILES string of the molecule is CC1(CNC(=O)c2ccc(Br)cc2S)CCOCC1. The van der Waals surface area contributed by atoms with Crippen LogP contribution < -0.4 is 5.32 Å². The molecule has 0 atom stereocenters. The van der Waals surface area contributed by atoms with Gasteiger partial charge in [0.05, 0.1) is 5.56 Å². The summed E-state index contributed by atoms with van der Waals surface area (Å²) in [4.78, 5) is 12.8. The fraction of sp³-hybridized carbons (Fsp3) is 0.500. The highest BCUT2D eigenvalue weighted by atomic mass is 79.9. The highest BCUT2D eigenvalue weighted by molar-refractivity contribution is 9.10. The molecular weight excluding hydrogens is 326 g/mol. The fourth-order valence-corrected chi connectivity index (χ4v) is 2.98. The van der Waals surface area contributed by atoms with Crippen molar-refractivity contribution in [2.24, 2.45) is 5.41 Å². The Labute approximate surface area is 127 Å². The lowest BCUT2D eigenvalue weighted by atomic mass is 9.82. The molecular formula is C14H18BrNO2S. The molecule has 0 bridgehead atoms. The molecule has 0 radical (unpaired) electrons. The summed E-state index contributed by atoms with van der Waals surface area (Å²) in [6, 6.07) is 5.47. The van der Waals surface area contributed by atoms with Crippen LogP contribution in [0.1, 0.15) is 30.1 Å². The van der Waals surface area contributed by atoms with Gasteiger partial charge in [0.2, 0.25) is 0 Å². The molecule has 1 heterocycles. The number of halogens is 1. The molecule has 3 nitrogen and oxygen atoms in total. The van der Waals surface area contributed by atoms with E-state index in [2.05, 4.69) is 40.8 Å². The largest absolute Gasteiger partial charge is 0.381 e. The topological polar surface area (TPSA) is 38.3 Å². The highest BCUT2D eigenvalue weighted by Crippen LogP contribution is 2.29. The molecule has 104 valence electrons. The number of carbonyl (C=O) groups excluding carboxylic acids is 1. The van der Waals surface area contributed by atoms with Gasteiger partial charge in [0.25, 0.3) is 5.91 Å². The first kappa shape index (κ1) is 14.9. The molecule has 19 heavy (non-hydrogen) atoms. The van der Waals surface area contributed by atoms with Crippen LogP contribution >= 0.6 is 28.6 Å². The number of hydrogen-bond acceptors (Lipinski definition) is 3. The van der Waals surface area contributed by atoms with E-state index in [0.29, 0.717) is 17.0 Å². The van der Waals surface area contributed by atoms with Gasteiger partial charge in [-0.2, -0.15) is 0 Å². The molecule has 1 saturated heterocycles. The molecule has 1 aromatic carbocycles. The first-order valence-electron chi connectivity index (χ1n) is 6.35. The summed E-state index contributed by atoms with van der Waals surface area (Å²) in [5.74, 6) is -0.0646. The predicted octanol–water partition coefficient (Wildman–Crippen LogP) is 3.28. The molecule has 1 aromatic rings. The van der Waals surface area contributed by atoms with Gasteiger partial charge in [-0.25, -0.2) is 0 Å². The van der Waals surface area contributed by atoms with Crippen LogP contribution in [0.3, 0.4) is 0 Å². The maximum atomic E-state index is 12.2. The number of amides is 1. The van der Waals surface area contributed by atoms with E-state index < -0.39 is 0 Å². The Morgan fingerprint density at radius 3 is 2.79 bits per heavy atom. The molecule has 1 fully saturated rings. The Hall–Kier alpha value is -0.520. The van der Waals surface area contributed by atoms with Crippen molar-refractivity contribution in [2.75, 3.05) is 19.8 Å². The number of nitrogens with one attached hydrogen (secondary N) is 1. The van der Waals surface area contributed by atoms with Crippen molar-refractivity contribution in [3.63, 3.8) is 0 Å². The van der Waals surface area contributed by atoms with Gasteiger partial charge >= 0.3 is 0 Å². The van der Waals surface area contributed by atoms with E-state index in [1.165, 1.54) is 0 Å². The summed E-state index contributed by atoms with van der Waals surface area (Å²) in [7, 11) is 0. The smallest absolute Gasteiger partial charge is 0.252 e. The number of rotatable bonds is 3. The molecule has 5 heteroatoms. The lowest BCUT2D eigenvalue weighted by Gasteiger charge is -2.33. The zero-order valence-corrected chi connectivity index (χ0v) is 13.4. The van der Waals surface area contributed by atoms with Gasteiger partial charge in [-0.3, -0.25) is 4.79 Å². The Bertz CT molecular complexity index is 473. The van der Waals surface area contributed by atoms with Crippen LogP contribution in [0, 0.1) is 5.41 Å². The average molecular weight is 344 g/mol. The summed E-state index contributed by atoms with van der Waals surface area (Å²) in [5, 5.41) is 3.01. The van der Waals surface area contributed by atoms with Gasteiger partial charge in [0, 0.05) is 29.1 Å². The first-order valence-corrected chi connectivity index (χ1v) is 7.59. The molecule has 1 amide bonds. The van der Waals surface area contributed by atoms with E-state index >= 15 is 0 Å². The van der Waals surface area contributed by atoms with E-state index in [1.54, 1.807) is 6.07 Å². The minimum absolute atomic E-state index is 0.0646. The van der Waals surface area contributed by atoms with Crippen LogP contribution in [0.25, 0.3) is 0 Å². The molecule has 0 saturated carbocycles. The van der Waals surface area contributed by atoms with Gasteiger partial charge in [0.1, 0.15) is 0 Å².